The first-order chi connectivity index (χ1) is 30.0. The Morgan fingerprint density at radius 2 is 1.05 bits per heavy atom. The fourth-order valence-corrected chi connectivity index (χ4v) is 13.4. The fraction of sp³-hybridized carbons (Fsp3) is 0.140. The summed E-state index contributed by atoms with van der Waals surface area (Å²) < 4.78 is 12.1. The third-order valence-electron chi connectivity index (χ3n) is 13.7. The second-order valence-corrected chi connectivity index (χ2v) is 23.2. The molecule has 4 nitrogen and oxygen atoms in total. The summed E-state index contributed by atoms with van der Waals surface area (Å²) >= 11 is 0. The van der Waals surface area contributed by atoms with Crippen LogP contribution in [0.1, 0.15) is 37.5 Å². The second kappa shape index (κ2) is 13.0. The van der Waals surface area contributed by atoms with Crippen molar-refractivity contribution in [3.8, 4) is 72.8 Å². The molecule has 12 rings (SSSR count). The van der Waals surface area contributed by atoms with Crippen LogP contribution in [0, 0.1) is 13.8 Å². The van der Waals surface area contributed by atoms with Crippen LogP contribution in [-0.4, -0.2) is 22.0 Å². The highest BCUT2D eigenvalue weighted by Crippen LogP contribution is 2.53. The van der Waals surface area contributed by atoms with Crippen LogP contribution in [-0.2, 0) is 5.41 Å². The molecular formula is C57H47N3OSi. The highest BCUT2D eigenvalue weighted by molar-refractivity contribution is 7.01. The van der Waals surface area contributed by atoms with Gasteiger partial charge in [-0.2, -0.15) is 0 Å². The summed E-state index contributed by atoms with van der Waals surface area (Å²) in [7, 11) is -2.37. The van der Waals surface area contributed by atoms with E-state index in [-0.39, 0.29) is 5.41 Å². The minimum Gasteiger partial charge on any atom is -0.457 e. The molecule has 0 unspecified atom stereocenters. The fourth-order valence-electron chi connectivity index (χ4n) is 10.7. The molecule has 0 amide bonds. The number of aromatic nitrogens is 3. The first-order valence-electron chi connectivity index (χ1n) is 21.8. The van der Waals surface area contributed by atoms with E-state index < -0.39 is 8.07 Å². The summed E-state index contributed by atoms with van der Waals surface area (Å²) in [4.78, 5) is 5.37. The summed E-state index contributed by atoms with van der Waals surface area (Å²) in [5.74, 6) is 2.87. The molecule has 0 spiro atoms. The van der Waals surface area contributed by atoms with E-state index >= 15 is 0 Å². The maximum absolute atomic E-state index is 7.39. The zero-order valence-electron chi connectivity index (χ0n) is 36.3. The van der Waals surface area contributed by atoms with Gasteiger partial charge in [-0.15, -0.1) is 0 Å². The normalized spacial score (nSPS) is 13.7. The minimum absolute atomic E-state index is 0.223. The summed E-state index contributed by atoms with van der Waals surface area (Å²) in [6.07, 6.45) is 0. The van der Waals surface area contributed by atoms with Crippen LogP contribution in [0.5, 0.6) is 11.5 Å². The van der Waals surface area contributed by atoms with Crippen LogP contribution < -0.4 is 15.1 Å². The molecule has 0 saturated carbocycles. The van der Waals surface area contributed by atoms with E-state index in [1.165, 1.54) is 71.6 Å². The number of imidazole rings is 2. The van der Waals surface area contributed by atoms with E-state index in [2.05, 4.69) is 214 Å². The maximum atomic E-state index is 7.39. The van der Waals surface area contributed by atoms with Crippen LogP contribution in [0.2, 0.25) is 13.1 Å². The molecule has 300 valence electrons. The number of hydrogen-bond donors (Lipinski definition) is 0. The van der Waals surface area contributed by atoms with Gasteiger partial charge in [-0.3, -0.25) is 8.97 Å². The SMILES string of the molecule is Cc1ccc2c(c1)Oc1c(cc(-n3c4ccccc4n4c5ccccc5nc34)c(C)c1-c1cc3c(cc1C(C)(C)C)-c1ccccc1-c1ccccc1-c1ccccc1-3)[Si]2(C)C. The van der Waals surface area contributed by atoms with Crippen molar-refractivity contribution in [2.24, 2.45) is 0 Å². The van der Waals surface area contributed by atoms with Crippen LogP contribution in [0.25, 0.3) is 89.2 Å². The largest absolute Gasteiger partial charge is 0.457 e. The summed E-state index contributed by atoms with van der Waals surface area (Å²) in [5.41, 5.74) is 21.2. The zero-order valence-corrected chi connectivity index (χ0v) is 37.3. The lowest BCUT2D eigenvalue weighted by molar-refractivity contribution is 0.487. The van der Waals surface area contributed by atoms with Gasteiger partial charge in [0.05, 0.1) is 27.8 Å². The van der Waals surface area contributed by atoms with Crippen molar-refractivity contribution in [1.82, 2.24) is 14.0 Å². The van der Waals surface area contributed by atoms with Gasteiger partial charge in [-0.25, -0.2) is 4.98 Å². The van der Waals surface area contributed by atoms with Gasteiger partial charge in [-0.1, -0.05) is 143 Å². The number of nitrogens with zero attached hydrogens (tertiary/aromatic N) is 3. The smallest absolute Gasteiger partial charge is 0.220 e. The van der Waals surface area contributed by atoms with Crippen LogP contribution >= 0.6 is 0 Å². The monoisotopic (exact) mass is 817 g/mol. The molecule has 5 heteroatoms. The zero-order chi connectivity index (χ0) is 42.2. The molecule has 1 aliphatic carbocycles. The third kappa shape index (κ3) is 5.15. The van der Waals surface area contributed by atoms with Crippen molar-refractivity contribution in [3.05, 3.63) is 174 Å². The number of rotatable bonds is 2. The number of ether oxygens (including phenoxy) is 1. The highest BCUT2D eigenvalue weighted by Gasteiger charge is 2.40. The molecular weight excluding hydrogens is 771 g/mol. The lowest BCUT2D eigenvalue weighted by atomic mass is 9.74. The molecule has 2 aliphatic rings. The average Bonchev–Trinajstić information content (AvgIpc) is 3.80. The van der Waals surface area contributed by atoms with Crippen LogP contribution in [0.15, 0.2) is 158 Å². The quantitative estimate of drug-likeness (QED) is 0.163. The van der Waals surface area contributed by atoms with Gasteiger partial charge < -0.3 is 4.74 Å². The van der Waals surface area contributed by atoms with Crippen LogP contribution in [0.3, 0.4) is 0 Å². The van der Waals surface area contributed by atoms with Gasteiger partial charge >= 0.3 is 0 Å². The molecule has 0 radical (unpaired) electrons. The predicted octanol–water partition coefficient (Wildman–Crippen LogP) is 13.9. The first-order valence-corrected chi connectivity index (χ1v) is 24.8. The lowest BCUT2D eigenvalue weighted by Gasteiger charge is -2.37. The molecule has 8 aromatic carbocycles. The number of aryl methyl sites for hydroxylation is 1. The summed E-state index contributed by atoms with van der Waals surface area (Å²) in [5, 5.41) is 2.62. The van der Waals surface area contributed by atoms with Gasteiger partial charge in [-0.05, 0) is 145 Å². The number of hydrogen-bond acceptors (Lipinski definition) is 2. The Morgan fingerprint density at radius 3 is 1.66 bits per heavy atom. The topological polar surface area (TPSA) is 31.5 Å². The molecule has 3 heterocycles. The standard InChI is InChI=1S/C57H47N3OSi/c1-34-28-29-52-51(30-34)61-55-53(62(52,6)7)33-50(60-49-27-17-16-26-48(49)59-47-25-15-14-24-46(47)58-56(59)60)35(2)54(55)44-31-42-40-22-12-10-20-38(40)36-18-8-9-19-37(36)39-21-11-13-23-41(39)43(42)32-45(44)57(3,4)5/h8-33H,1-7H3. The van der Waals surface area contributed by atoms with Crippen molar-refractivity contribution < 1.29 is 4.74 Å². The van der Waals surface area contributed by atoms with E-state index in [4.69, 9.17) is 9.72 Å². The summed E-state index contributed by atoms with van der Waals surface area (Å²) in [6.45, 7) is 16.5. The number of para-hydroxylation sites is 4. The van der Waals surface area contributed by atoms with E-state index in [1.807, 2.05) is 0 Å². The lowest BCUT2D eigenvalue weighted by Crippen LogP contribution is -2.56. The number of benzene rings is 8. The molecule has 1 aliphatic heterocycles. The minimum atomic E-state index is -2.37. The molecule has 0 saturated heterocycles. The Kier molecular flexibility index (Phi) is 7.75. The van der Waals surface area contributed by atoms with Gasteiger partial charge in [0.2, 0.25) is 5.78 Å². The molecule has 0 N–H and O–H groups in total. The van der Waals surface area contributed by atoms with E-state index in [0.29, 0.717) is 0 Å². The van der Waals surface area contributed by atoms with Gasteiger partial charge in [0.15, 0.2) is 0 Å². The molecule has 0 fully saturated rings. The first kappa shape index (κ1) is 36.9. The maximum Gasteiger partial charge on any atom is 0.220 e. The highest BCUT2D eigenvalue weighted by atomic mass is 28.3. The second-order valence-electron chi connectivity index (χ2n) is 18.9. The van der Waals surface area contributed by atoms with E-state index in [0.717, 1.165) is 56.2 Å². The Balaban J connectivity index is 1.25. The van der Waals surface area contributed by atoms with E-state index in [1.54, 1.807) is 0 Å². The Bertz CT molecular complexity index is 3540. The molecule has 2 aromatic heterocycles. The van der Waals surface area contributed by atoms with Crippen molar-refractivity contribution >= 4 is 46.3 Å². The van der Waals surface area contributed by atoms with Gasteiger partial charge in [0.25, 0.3) is 0 Å². The van der Waals surface area contributed by atoms with Crippen molar-refractivity contribution in [2.45, 2.75) is 53.1 Å². The molecule has 10 aromatic rings. The van der Waals surface area contributed by atoms with E-state index in [9.17, 15) is 0 Å². The third-order valence-corrected chi connectivity index (χ3v) is 17.2. The van der Waals surface area contributed by atoms with Crippen molar-refractivity contribution in [2.75, 3.05) is 0 Å². The number of fused-ring (bicyclic) bond motifs is 15. The molecule has 0 bridgehead atoms. The van der Waals surface area contributed by atoms with Crippen molar-refractivity contribution in [1.29, 1.82) is 0 Å². The summed E-state index contributed by atoms with van der Waals surface area (Å²) in [6, 6.07) is 58.4. The van der Waals surface area contributed by atoms with Crippen molar-refractivity contribution in [3.63, 3.8) is 0 Å². The molecule has 0 atom stereocenters. The van der Waals surface area contributed by atoms with Gasteiger partial charge in [0, 0.05) is 5.56 Å². The molecule has 62 heavy (non-hydrogen) atoms. The van der Waals surface area contributed by atoms with Crippen LogP contribution in [0.4, 0.5) is 0 Å². The Morgan fingerprint density at radius 1 is 0.516 bits per heavy atom. The average molecular weight is 818 g/mol. The van der Waals surface area contributed by atoms with Gasteiger partial charge in [0.1, 0.15) is 19.6 Å². The Hall–Kier alpha value is -6.95. The predicted molar refractivity (Wildman–Crippen MR) is 262 cm³/mol. The Labute approximate surface area is 363 Å².